The van der Waals surface area contributed by atoms with Crippen molar-refractivity contribution in [2.45, 2.75) is 30.8 Å². The fraction of sp³-hybridized carbons (Fsp3) is 0.286. The second-order valence-corrected chi connectivity index (χ2v) is 9.14. The van der Waals surface area contributed by atoms with E-state index in [2.05, 4.69) is 34.5 Å². The van der Waals surface area contributed by atoms with Gasteiger partial charge in [0.2, 0.25) is 0 Å². The monoisotopic (exact) mass is 456 g/mol. The number of amides is 1. The summed E-state index contributed by atoms with van der Waals surface area (Å²) >= 11 is 0. The van der Waals surface area contributed by atoms with Crippen molar-refractivity contribution in [2.24, 2.45) is 0 Å². The minimum absolute atomic E-state index is 0.0696. The van der Waals surface area contributed by atoms with Crippen LogP contribution in [0.3, 0.4) is 0 Å². The van der Waals surface area contributed by atoms with Gasteiger partial charge < -0.3 is 15.2 Å². The van der Waals surface area contributed by atoms with Crippen molar-refractivity contribution in [3.8, 4) is 11.1 Å². The molecule has 6 nitrogen and oxygen atoms in total. The van der Waals surface area contributed by atoms with Crippen molar-refractivity contribution in [1.29, 1.82) is 0 Å². The number of likely N-dealkylation sites (tertiary alicyclic amines) is 1. The predicted molar refractivity (Wildman–Crippen MR) is 130 cm³/mol. The normalized spacial score (nSPS) is 19.8. The van der Waals surface area contributed by atoms with Crippen LogP contribution in [-0.2, 0) is 16.1 Å². The standard InChI is InChI=1S/C28H28N2O4/c31-26(32)28(15-8-16-30(19-28)17-20-9-2-1-3-10-20)29-27(33)34-18-25-23-13-6-4-11-21(23)22-12-5-7-14-24(22)25/h1-7,9-14,25H,8,15-19H2,(H,29,33)(H,31,32). The zero-order valence-electron chi connectivity index (χ0n) is 18.9. The zero-order chi connectivity index (χ0) is 23.5. The number of rotatable bonds is 6. The highest BCUT2D eigenvalue weighted by atomic mass is 16.5. The van der Waals surface area contributed by atoms with Gasteiger partial charge in [-0.2, -0.15) is 0 Å². The van der Waals surface area contributed by atoms with E-state index in [0.717, 1.165) is 34.4 Å². The molecule has 1 amide bonds. The molecule has 3 aromatic carbocycles. The second kappa shape index (κ2) is 9.31. The third-order valence-electron chi connectivity index (χ3n) is 6.91. The number of carbonyl (C=O) groups excluding carboxylic acids is 1. The summed E-state index contributed by atoms with van der Waals surface area (Å²) in [5.74, 6) is -1.10. The van der Waals surface area contributed by atoms with E-state index in [1.807, 2.05) is 54.6 Å². The molecule has 3 aromatic rings. The minimum Gasteiger partial charge on any atom is -0.479 e. The highest BCUT2D eigenvalue weighted by Gasteiger charge is 2.44. The number of carbonyl (C=O) groups is 2. The van der Waals surface area contributed by atoms with Crippen LogP contribution in [0.25, 0.3) is 11.1 Å². The quantitative estimate of drug-likeness (QED) is 0.565. The summed E-state index contributed by atoms with van der Waals surface area (Å²) in [6.45, 7) is 1.82. The van der Waals surface area contributed by atoms with Crippen molar-refractivity contribution in [3.63, 3.8) is 0 Å². The first-order valence-electron chi connectivity index (χ1n) is 11.7. The number of ether oxygens (including phenoxy) is 1. The topological polar surface area (TPSA) is 78.9 Å². The highest BCUT2D eigenvalue weighted by Crippen LogP contribution is 2.44. The van der Waals surface area contributed by atoms with Gasteiger partial charge in [-0.3, -0.25) is 4.90 Å². The number of nitrogens with one attached hydrogen (secondary N) is 1. The van der Waals surface area contributed by atoms with Gasteiger partial charge in [0.15, 0.2) is 5.54 Å². The minimum atomic E-state index is -1.37. The third kappa shape index (κ3) is 4.29. The Morgan fingerprint density at radius 1 is 0.941 bits per heavy atom. The average molecular weight is 457 g/mol. The number of benzene rings is 3. The molecule has 0 radical (unpaired) electrons. The Morgan fingerprint density at radius 3 is 2.21 bits per heavy atom. The summed E-state index contributed by atoms with van der Waals surface area (Å²) < 4.78 is 5.64. The molecule has 1 aliphatic heterocycles. The number of alkyl carbamates (subject to hydrolysis) is 1. The van der Waals surface area contributed by atoms with Gasteiger partial charge in [-0.25, -0.2) is 9.59 Å². The lowest BCUT2D eigenvalue weighted by Crippen LogP contribution is -2.63. The maximum Gasteiger partial charge on any atom is 0.408 e. The molecule has 5 rings (SSSR count). The molecular weight excluding hydrogens is 428 g/mol. The fourth-order valence-electron chi connectivity index (χ4n) is 5.28. The molecule has 34 heavy (non-hydrogen) atoms. The Balaban J connectivity index is 1.27. The van der Waals surface area contributed by atoms with Crippen LogP contribution in [0, 0.1) is 0 Å². The summed E-state index contributed by atoms with van der Waals surface area (Å²) in [6, 6.07) is 26.2. The van der Waals surface area contributed by atoms with Crippen LogP contribution in [0.4, 0.5) is 4.79 Å². The number of hydrogen-bond donors (Lipinski definition) is 2. The number of hydrogen-bond acceptors (Lipinski definition) is 4. The molecule has 1 unspecified atom stereocenters. The van der Waals surface area contributed by atoms with Crippen molar-refractivity contribution in [3.05, 3.63) is 95.6 Å². The van der Waals surface area contributed by atoms with Gasteiger partial charge in [0, 0.05) is 19.0 Å². The van der Waals surface area contributed by atoms with E-state index in [1.54, 1.807) is 0 Å². The van der Waals surface area contributed by atoms with Gasteiger partial charge in [-0.05, 0) is 47.2 Å². The maximum absolute atomic E-state index is 12.9. The molecule has 174 valence electrons. The average Bonchev–Trinajstić information content (AvgIpc) is 3.17. The van der Waals surface area contributed by atoms with Gasteiger partial charge in [0.1, 0.15) is 6.61 Å². The van der Waals surface area contributed by atoms with Crippen LogP contribution in [0.2, 0.25) is 0 Å². The summed E-state index contributed by atoms with van der Waals surface area (Å²) in [5.41, 5.74) is 4.29. The zero-order valence-corrected chi connectivity index (χ0v) is 18.9. The molecule has 1 atom stereocenters. The smallest absolute Gasteiger partial charge is 0.408 e. The molecule has 0 saturated carbocycles. The molecule has 1 fully saturated rings. The van der Waals surface area contributed by atoms with E-state index >= 15 is 0 Å². The largest absolute Gasteiger partial charge is 0.479 e. The van der Waals surface area contributed by atoms with Crippen molar-refractivity contribution in [1.82, 2.24) is 10.2 Å². The fourth-order valence-corrected chi connectivity index (χ4v) is 5.28. The number of fused-ring (bicyclic) bond motifs is 3. The van der Waals surface area contributed by atoms with Crippen molar-refractivity contribution < 1.29 is 19.4 Å². The number of carboxylic acid groups (broad SMARTS) is 1. The molecule has 1 saturated heterocycles. The first-order valence-corrected chi connectivity index (χ1v) is 11.7. The van der Waals surface area contributed by atoms with E-state index in [0.29, 0.717) is 19.4 Å². The number of piperidine rings is 1. The summed E-state index contributed by atoms with van der Waals surface area (Å²) in [6.07, 6.45) is 0.367. The van der Waals surface area contributed by atoms with E-state index < -0.39 is 17.6 Å². The van der Waals surface area contributed by atoms with Gasteiger partial charge in [0.05, 0.1) is 0 Å². The van der Waals surface area contributed by atoms with E-state index in [9.17, 15) is 14.7 Å². The van der Waals surface area contributed by atoms with Gasteiger partial charge >= 0.3 is 12.1 Å². The van der Waals surface area contributed by atoms with Crippen molar-refractivity contribution >= 4 is 12.1 Å². The van der Waals surface area contributed by atoms with Gasteiger partial charge in [-0.15, -0.1) is 0 Å². The van der Waals surface area contributed by atoms with E-state index in [1.165, 1.54) is 0 Å². The summed E-state index contributed by atoms with van der Waals surface area (Å²) in [5, 5.41) is 12.8. The molecule has 0 aromatic heterocycles. The van der Waals surface area contributed by atoms with Crippen molar-refractivity contribution in [2.75, 3.05) is 19.7 Å². The summed E-state index contributed by atoms with van der Waals surface area (Å²) in [4.78, 5) is 27.2. The van der Waals surface area contributed by atoms with Crippen LogP contribution in [-0.4, -0.2) is 47.3 Å². The van der Waals surface area contributed by atoms with Crippen LogP contribution in [0.5, 0.6) is 0 Å². The maximum atomic E-state index is 12.9. The van der Waals surface area contributed by atoms with E-state index in [-0.39, 0.29) is 19.1 Å². The Labute approximate surface area is 199 Å². The molecular formula is C28H28N2O4. The predicted octanol–water partition coefficient (Wildman–Crippen LogP) is 4.64. The lowest BCUT2D eigenvalue weighted by molar-refractivity contribution is -0.147. The number of nitrogens with zero attached hydrogens (tertiary/aromatic N) is 1. The lowest BCUT2D eigenvalue weighted by atomic mass is 9.89. The lowest BCUT2D eigenvalue weighted by Gasteiger charge is -2.40. The molecule has 1 aliphatic carbocycles. The Kier molecular flexibility index (Phi) is 6.07. The molecule has 6 heteroatoms. The van der Waals surface area contributed by atoms with Crippen LogP contribution < -0.4 is 5.32 Å². The molecule has 2 N–H and O–H groups in total. The Hall–Kier alpha value is -3.64. The van der Waals surface area contributed by atoms with E-state index in [4.69, 9.17) is 4.74 Å². The Bertz CT molecular complexity index is 1150. The molecule has 0 spiro atoms. The van der Waals surface area contributed by atoms with Crippen LogP contribution in [0.1, 0.15) is 35.4 Å². The molecule has 1 heterocycles. The molecule has 0 bridgehead atoms. The SMILES string of the molecule is O=C(NC1(C(=O)O)CCCN(Cc2ccccc2)C1)OCC1c2ccccc2-c2ccccc21. The van der Waals surface area contributed by atoms with Gasteiger partial charge in [-0.1, -0.05) is 78.9 Å². The molecule has 2 aliphatic rings. The highest BCUT2D eigenvalue weighted by molar-refractivity contribution is 5.85. The third-order valence-corrected chi connectivity index (χ3v) is 6.91. The first kappa shape index (κ1) is 22.2. The number of carboxylic acids is 1. The summed E-state index contributed by atoms with van der Waals surface area (Å²) in [7, 11) is 0. The number of aliphatic carboxylic acids is 1. The van der Waals surface area contributed by atoms with Crippen LogP contribution >= 0.6 is 0 Å². The Morgan fingerprint density at radius 2 is 1.56 bits per heavy atom. The first-order chi connectivity index (χ1) is 16.6. The van der Waals surface area contributed by atoms with Crippen LogP contribution in [0.15, 0.2) is 78.9 Å². The second-order valence-electron chi connectivity index (χ2n) is 9.14. The van der Waals surface area contributed by atoms with Gasteiger partial charge in [0.25, 0.3) is 0 Å².